The first kappa shape index (κ1) is 13.8. The number of hydrogen-bond donors (Lipinski definition) is 2. The maximum absolute atomic E-state index is 11.7. The van der Waals surface area contributed by atoms with Crippen LogP contribution in [0, 0.1) is 12.8 Å². The normalized spacial score (nSPS) is 12.1. The molecule has 5 heteroatoms. The summed E-state index contributed by atoms with van der Waals surface area (Å²) >= 11 is 6.00. The van der Waals surface area contributed by atoms with Crippen LogP contribution in [0.1, 0.15) is 12.5 Å². The lowest BCUT2D eigenvalue weighted by Gasteiger charge is -2.14. The first-order valence-corrected chi connectivity index (χ1v) is 5.72. The van der Waals surface area contributed by atoms with Gasteiger partial charge in [-0.25, -0.2) is 0 Å². The van der Waals surface area contributed by atoms with Crippen LogP contribution in [0.25, 0.3) is 0 Å². The highest BCUT2D eigenvalue weighted by molar-refractivity contribution is 6.32. The van der Waals surface area contributed by atoms with E-state index < -0.39 is 0 Å². The molecule has 0 heterocycles. The van der Waals surface area contributed by atoms with Gasteiger partial charge in [0, 0.05) is 18.2 Å². The Hall–Kier alpha value is -1.26. The lowest BCUT2D eigenvalue weighted by atomic mass is 10.1. The highest BCUT2D eigenvalue weighted by Gasteiger charge is 2.13. The number of rotatable bonds is 4. The molecule has 4 nitrogen and oxygen atoms in total. The van der Waals surface area contributed by atoms with Crippen LogP contribution in [-0.2, 0) is 4.79 Å². The molecular weight excluding hydrogens is 240 g/mol. The SMILES string of the molecule is COc1cc(C)c(NC(=O)C(C)CN)cc1Cl. The van der Waals surface area contributed by atoms with Gasteiger partial charge in [-0.2, -0.15) is 0 Å². The quantitative estimate of drug-likeness (QED) is 0.868. The molecule has 0 aliphatic rings. The second kappa shape index (κ2) is 5.89. The number of methoxy groups -OCH3 is 1. The van der Waals surface area contributed by atoms with Gasteiger partial charge in [-0.15, -0.1) is 0 Å². The second-order valence-electron chi connectivity index (χ2n) is 3.93. The molecule has 0 radical (unpaired) electrons. The standard InChI is InChI=1S/C12H17ClN2O2/c1-7-4-11(17-3)9(13)5-10(7)15-12(16)8(2)6-14/h4-5,8H,6,14H2,1-3H3,(H,15,16). The topological polar surface area (TPSA) is 64.3 Å². The van der Waals surface area contributed by atoms with Crippen molar-refractivity contribution in [2.75, 3.05) is 19.0 Å². The van der Waals surface area contributed by atoms with Gasteiger partial charge in [0.15, 0.2) is 0 Å². The Morgan fingerprint density at radius 2 is 2.24 bits per heavy atom. The average molecular weight is 257 g/mol. The summed E-state index contributed by atoms with van der Waals surface area (Å²) in [6.45, 7) is 3.96. The van der Waals surface area contributed by atoms with Crippen LogP contribution < -0.4 is 15.8 Å². The number of hydrogen-bond acceptors (Lipinski definition) is 3. The van der Waals surface area contributed by atoms with Crippen molar-refractivity contribution in [2.24, 2.45) is 11.7 Å². The molecule has 94 valence electrons. The van der Waals surface area contributed by atoms with Gasteiger partial charge in [-0.1, -0.05) is 18.5 Å². The van der Waals surface area contributed by atoms with Gasteiger partial charge in [-0.3, -0.25) is 4.79 Å². The Morgan fingerprint density at radius 3 is 2.76 bits per heavy atom. The van der Waals surface area contributed by atoms with Crippen molar-refractivity contribution in [3.63, 3.8) is 0 Å². The molecule has 1 amide bonds. The van der Waals surface area contributed by atoms with Crippen LogP contribution >= 0.6 is 11.6 Å². The number of nitrogens with one attached hydrogen (secondary N) is 1. The number of halogens is 1. The van der Waals surface area contributed by atoms with Crippen LogP contribution in [0.5, 0.6) is 5.75 Å². The van der Waals surface area contributed by atoms with Gasteiger partial charge >= 0.3 is 0 Å². The van der Waals surface area contributed by atoms with Gasteiger partial charge in [0.05, 0.1) is 12.1 Å². The number of carbonyl (C=O) groups is 1. The third-order valence-corrected chi connectivity index (χ3v) is 2.85. The fourth-order valence-electron chi connectivity index (χ4n) is 1.31. The van der Waals surface area contributed by atoms with Gasteiger partial charge in [0.2, 0.25) is 5.91 Å². The maximum atomic E-state index is 11.7. The van der Waals surface area contributed by atoms with Gasteiger partial charge in [0.1, 0.15) is 5.75 Å². The van der Waals surface area contributed by atoms with Crippen molar-refractivity contribution < 1.29 is 9.53 Å². The minimum Gasteiger partial charge on any atom is -0.495 e. The van der Waals surface area contributed by atoms with E-state index in [1.807, 2.05) is 6.92 Å². The third kappa shape index (κ3) is 3.35. The Labute approximate surface area is 106 Å². The monoisotopic (exact) mass is 256 g/mol. The molecule has 1 rings (SSSR count). The van der Waals surface area contributed by atoms with Crippen LogP contribution in [0.2, 0.25) is 5.02 Å². The minimum atomic E-state index is -0.227. The third-order valence-electron chi connectivity index (χ3n) is 2.56. The summed E-state index contributed by atoms with van der Waals surface area (Å²) in [4.78, 5) is 11.7. The lowest BCUT2D eigenvalue weighted by Crippen LogP contribution is -2.26. The zero-order valence-corrected chi connectivity index (χ0v) is 11.0. The van der Waals surface area contributed by atoms with Crippen molar-refractivity contribution in [3.05, 3.63) is 22.7 Å². The molecule has 0 saturated carbocycles. The molecule has 0 aliphatic heterocycles. The van der Waals surface area contributed by atoms with E-state index in [-0.39, 0.29) is 11.8 Å². The van der Waals surface area contributed by atoms with E-state index in [9.17, 15) is 4.79 Å². The lowest BCUT2D eigenvalue weighted by molar-refractivity contribution is -0.119. The van der Waals surface area contributed by atoms with Gasteiger partial charge in [-0.05, 0) is 24.6 Å². The van der Waals surface area contributed by atoms with Crippen molar-refractivity contribution in [3.8, 4) is 5.75 Å². The highest BCUT2D eigenvalue weighted by Crippen LogP contribution is 2.30. The predicted octanol–water partition coefficient (Wildman–Crippen LogP) is 2.19. The molecule has 0 saturated heterocycles. The summed E-state index contributed by atoms with van der Waals surface area (Å²) in [5.41, 5.74) is 7.01. The Balaban J connectivity index is 2.92. The summed E-state index contributed by atoms with van der Waals surface area (Å²) < 4.78 is 5.09. The van der Waals surface area contributed by atoms with E-state index in [4.69, 9.17) is 22.1 Å². The summed E-state index contributed by atoms with van der Waals surface area (Å²) in [5.74, 6) is 0.251. The minimum absolute atomic E-state index is 0.114. The average Bonchev–Trinajstić information content (AvgIpc) is 2.32. The molecule has 0 bridgehead atoms. The van der Waals surface area contributed by atoms with Crippen LogP contribution in [-0.4, -0.2) is 19.6 Å². The fourth-order valence-corrected chi connectivity index (χ4v) is 1.55. The molecule has 1 aromatic carbocycles. The summed E-state index contributed by atoms with van der Waals surface area (Å²) in [7, 11) is 1.55. The first-order chi connectivity index (χ1) is 7.99. The fraction of sp³-hybridized carbons (Fsp3) is 0.417. The van der Waals surface area contributed by atoms with Gasteiger partial charge < -0.3 is 15.8 Å². The zero-order chi connectivity index (χ0) is 13.0. The second-order valence-corrected chi connectivity index (χ2v) is 4.33. The predicted molar refractivity (Wildman–Crippen MR) is 69.6 cm³/mol. The summed E-state index contributed by atoms with van der Waals surface area (Å²) in [5, 5.41) is 3.26. The molecule has 3 N–H and O–H groups in total. The Bertz CT molecular complexity index is 421. The number of amides is 1. The van der Waals surface area contributed by atoms with E-state index in [0.717, 1.165) is 5.56 Å². The Morgan fingerprint density at radius 1 is 1.59 bits per heavy atom. The number of benzene rings is 1. The number of ether oxygens (including phenoxy) is 1. The summed E-state index contributed by atoms with van der Waals surface area (Å²) in [6.07, 6.45) is 0. The van der Waals surface area contributed by atoms with Crippen LogP contribution in [0.15, 0.2) is 12.1 Å². The summed E-state index contributed by atoms with van der Waals surface area (Å²) in [6, 6.07) is 3.46. The zero-order valence-electron chi connectivity index (χ0n) is 10.2. The van der Waals surface area contributed by atoms with E-state index in [1.165, 1.54) is 0 Å². The van der Waals surface area contributed by atoms with E-state index in [1.54, 1.807) is 26.2 Å². The van der Waals surface area contributed by atoms with Crippen molar-refractivity contribution >= 4 is 23.2 Å². The molecule has 1 atom stereocenters. The molecule has 1 aromatic rings. The van der Waals surface area contributed by atoms with Crippen LogP contribution in [0.4, 0.5) is 5.69 Å². The molecule has 0 aliphatic carbocycles. The number of carbonyl (C=O) groups excluding carboxylic acids is 1. The number of anilines is 1. The van der Waals surface area contributed by atoms with Crippen molar-refractivity contribution in [1.82, 2.24) is 0 Å². The number of aryl methyl sites for hydroxylation is 1. The van der Waals surface area contributed by atoms with E-state index in [0.29, 0.717) is 23.0 Å². The molecule has 0 fully saturated rings. The smallest absolute Gasteiger partial charge is 0.228 e. The van der Waals surface area contributed by atoms with Crippen molar-refractivity contribution in [1.29, 1.82) is 0 Å². The first-order valence-electron chi connectivity index (χ1n) is 5.34. The van der Waals surface area contributed by atoms with Crippen molar-refractivity contribution in [2.45, 2.75) is 13.8 Å². The van der Waals surface area contributed by atoms with Crippen LogP contribution in [0.3, 0.4) is 0 Å². The molecular formula is C12H17ClN2O2. The Kier molecular flexibility index (Phi) is 4.78. The number of nitrogens with two attached hydrogens (primary N) is 1. The van der Waals surface area contributed by atoms with E-state index in [2.05, 4.69) is 5.32 Å². The molecule has 0 aromatic heterocycles. The van der Waals surface area contributed by atoms with Gasteiger partial charge in [0.25, 0.3) is 0 Å². The molecule has 17 heavy (non-hydrogen) atoms. The maximum Gasteiger partial charge on any atom is 0.228 e. The largest absolute Gasteiger partial charge is 0.495 e. The van der Waals surface area contributed by atoms with E-state index >= 15 is 0 Å². The highest BCUT2D eigenvalue weighted by atomic mass is 35.5. The molecule has 1 unspecified atom stereocenters. The molecule has 0 spiro atoms.